The van der Waals surface area contributed by atoms with Crippen molar-refractivity contribution in [1.29, 1.82) is 0 Å². The van der Waals surface area contributed by atoms with Crippen LogP contribution in [0.3, 0.4) is 0 Å². The van der Waals surface area contributed by atoms with Crippen molar-refractivity contribution in [2.24, 2.45) is 0 Å². The molecule has 0 fully saturated rings. The lowest BCUT2D eigenvalue weighted by Gasteiger charge is -2.11. The van der Waals surface area contributed by atoms with Gasteiger partial charge in [-0.25, -0.2) is 4.68 Å². The van der Waals surface area contributed by atoms with E-state index in [1.54, 1.807) is 0 Å². The summed E-state index contributed by atoms with van der Waals surface area (Å²) in [7, 11) is 0. The Bertz CT molecular complexity index is 551. The van der Waals surface area contributed by atoms with Gasteiger partial charge in [-0.3, -0.25) is 0 Å². The van der Waals surface area contributed by atoms with Gasteiger partial charge in [0.25, 0.3) is 0 Å². The van der Waals surface area contributed by atoms with Crippen LogP contribution in [0.15, 0.2) is 18.2 Å². The highest BCUT2D eigenvalue weighted by Crippen LogP contribution is 2.19. The zero-order chi connectivity index (χ0) is 14.0. The van der Waals surface area contributed by atoms with Gasteiger partial charge in [-0.2, -0.15) is 0 Å². The number of aromatic nitrogens is 3. The highest BCUT2D eigenvalue weighted by Gasteiger charge is 2.15. The number of aryl methyl sites for hydroxylation is 2. The molecule has 1 aromatic carbocycles. The molecule has 1 unspecified atom stereocenters. The van der Waals surface area contributed by atoms with Crippen molar-refractivity contribution in [3.8, 4) is 5.69 Å². The first-order valence-electron chi connectivity index (χ1n) is 6.77. The van der Waals surface area contributed by atoms with Crippen LogP contribution in [0.25, 0.3) is 5.69 Å². The lowest BCUT2D eigenvalue weighted by Crippen LogP contribution is -2.19. The van der Waals surface area contributed by atoms with Crippen LogP contribution in [-0.4, -0.2) is 21.5 Å². The van der Waals surface area contributed by atoms with E-state index in [0.29, 0.717) is 0 Å². The summed E-state index contributed by atoms with van der Waals surface area (Å²) in [6.07, 6.45) is 0. The maximum Gasteiger partial charge on any atom is 0.103 e. The molecule has 4 heteroatoms. The molecule has 19 heavy (non-hydrogen) atoms. The molecular formula is C15H22N4. The predicted octanol–water partition coefficient (Wildman–Crippen LogP) is 2.86. The van der Waals surface area contributed by atoms with Crippen molar-refractivity contribution in [1.82, 2.24) is 20.3 Å². The Morgan fingerprint density at radius 1 is 1.16 bits per heavy atom. The van der Waals surface area contributed by atoms with Gasteiger partial charge >= 0.3 is 0 Å². The van der Waals surface area contributed by atoms with Gasteiger partial charge in [0.2, 0.25) is 0 Å². The first-order valence-corrected chi connectivity index (χ1v) is 6.77. The summed E-state index contributed by atoms with van der Waals surface area (Å²) < 4.78 is 1.92. The average Bonchev–Trinajstić information content (AvgIpc) is 2.70. The quantitative estimate of drug-likeness (QED) is 0.917. The van der Waals surface area contributed by atoms with Crippen LogP contribution < -0.4 is 5.32 Å². The summed E-state index contributed by atoms with van der Waals surface area (Å²) in [5, 5.41) is 12.0. The summed E-state index contributed by atoms with van der Waals surface area (Å²) in [6, 6.07) is 6.66. The molecule has 1 aromatic heterocycles. The zero-order valence-electron chi connectivity index (χ0n) is 12.4. The van der Waals surface area contributed by atoms with Gasteiger partial charge in [0.15, 0.2) is 0 Å². The van der Waals surface area contributed by atoms with E-state index in [1.165, 1.54) is 11.1 Å². The Kier molecular flexibility index (Phi) is 4.00. The highest BCUT2D eigenvalue weighted by molar-refractivity contribution is 5.40. The number of hydrogen-bond acceptors (Lipinski definition) is 3. The Labute approximate surface area is 114 Å². The highest BCUT2D eigenvalue weighted by atomic mass is 15.4. The molecule has 2 aromatic rings. The van der Waals surface area contributed by atoms with Gasteiger partial charge < -0.3 is 5.32 Å². The smallest absolute Gasteiger partial charge is 0.103 e. The molecule has 0 spiro atoms. The SMILES string of the molecule is CCNC(C)c1nnn(-c2cc(C)cc(C)c2)c1C. The number of nitrogens with one attached hydrogen (secondary N) is 1. The van der Waals surface area contributed by atoms with Crippen molar-refractivity contribution in [2.75, 3.05) is 6.54 Å². The molecule has 1 N–H and O–H groups in total. The first-order chi connectivity index (χ1) is 9.02. The normalized spacial score (nSPS) is 12.7. The fourth-order valence-electron chi connectivity index (χ4n) is 2.46. The Hall–Kier alpha value is -1.68. The molecule has 1 atom stereocenters. The predicted molar refractivity (Wildman–Crippen MR) is 77.7 cm³/mol. The van der Waals surface area contributed by atoms with Crippen LogP contribution in [0.1, 0.15) is 42.4 Å². The topological polar surface area (TPSA) is 42.7 Å². The third-order valence-electron chi connectivity index (χ3n) is 3.30. The molecule has 102 valence electrons. The summed E-state index contributed by atoms with van der Waals surface area (Å²) >= 11 is 0. The minimum atomic E-state index is 0.227. The lowest BCUT2D eigenvalue weighted by molar-refractivity contribution is 0.579. The summed E-state index contributed by atoms with van der Waals surface area (Å²) in [6.45, 7) is 11.4. The molecule has 0 aliphatic heterocycles. The number of rotatable bonds is 4. The number of nitrogens with zero attached hydrogens (tertiary/aromatic N) is 3. The Morgan fingerprint density at radius 3 is 2.37 bits per heavy atom. The van der Waals surface area contributed by atoms with Crippen LogP contribution in [0, 0.1) is 20.8 Å². The largest absolute Gasteiger partial charge is 0.309 e. The van der Waals surface area contributed by atoms with E-state index in [9.17, 15) is 0 Å². The van der Waals surface area contributed by atoms with E-state index in [4.69, 9.17) is 0 Å². The Balaban J connectivity index is 2.41. The molecule has 0 saturated carbocycles. The van der Waals surface area contributed by atoms with Crippen molar-refractivity contribution >= 4 is 0 Å². The molecular weight excluding hydrogens is 236 g/mol. The van der Waals surface area contributed by atoms with Gasteiger partial charge in [-0.05, 0) is 57.5 Å². The molecule has 0 bridgehead atoms. The summed E-state index contributed by atoms with van der Waals surface area (Å²) in [4.78, 5) is 0. The molecule has 0 aliphatic rings. The van der Waals surface area contributed by atoms with Crippen LogP contribution in [0.2, 0.25) is 0 Å². The maximum absolute atomic E-state index is 4.32. The molecule has 0 radical (unpaired) electrons. The maximum atomic E-state index is 4.32. The van der Waals surface area contributed by atoms with E-state index < -0.39 is 0 Å². The molecule has 1 heterocycles. The van der Waals surface area contributed by atoms with E-state index in [-0.39, 0.29) is 6.04 Å². The van der Waals surface area contributed by atoms with Crippen molar-refractivity contribution in [3.63, 3.8) is 0 Å². The Morgan fingerprint density at radius 2 is 1.79 bits per heavy atom. The monoisotopic (exact) mass is 258 g/mol. The summed E-state index contributed by atoms with van der Waals surface area (Å²) in [5.41, 5.74) is 5.68. The first kappa shape index (κ1) is 13.7. The van der Waals surface area contributed by atoms with Crippen LogP contribution in [0.5, 0.6) is 0 Å². The van der Waals surface area contributed by atoms with Gasteiger partial charge in [-0.1, -0.05) is 18.2 Å². The average molecular weight is 258 g/mol. The molecule has 4 nitrogen and oxygen atoms in total. The molecule has 0 aliphatic carbocycles. The van der Waals surface area contributed by atoms with E-state index in [2.05, 4.69) is 68.4 Å². The van der Waals surface area contributed by atoms with Crippen LogP contribution >= 0.6 is 0 Å². The van der Waals surface area contributed by atoms with Gasteiger partial charge in [-0.15, -0.1) is 5.10 Å². The minimum absolute atomic E-state index is 0.227. The number of hydrogen-bond donors (Lipinski definition) is 1. The standard InChI is InChI=1S/C15H22N4/c1-6-16-12(4)15-13(5)19(18-17-15)14-8-10(2)7-11(3)9-14/h7-9,12,16H,6H2,1-5H3. The fourth-order valence-corrected chi connectivity index (χ4v) is 2.46. The molecule has 2 rings (SSSR count). The van der Waals surface area contributed by atoms with E-state index >= 15 is 0 Å². The minimum Gasteiger partial charge on any atom is -0.309 e. The van der Waals surface area contributed by atoms with Crippen LogP contribution in [-0.2, 0) is 0 Å². The van der Waals surface area contributed by atoms with E-state index in [1.807, 2.05) is 4.68 Å². The second kappa shape index (κ2) is 5.53. The lowest BCUT2D eigenvalue weighted by atomic mass is 10.1. The molecule has 0 saturated heterocycles. The number of benzene rings is 1. The van der Waals surface area contributed by atoms with E-state index in [0.717, 1.165) is 23.6 Å². The zero-order valence-corrected chi connectivity index (χ0v) is 12.4. The third kappa shape index (κ3) is 2.84. The molecule has 0 amide bonds. The van der Waals surface area contributed by atoms with Crippen molar-refractivity contribution in [3.05, 3.63) is 40.7 Å². The second-order valence-electron chi connectivity index (χ2n) is 5.10. The second-order valence-corrected chi connectivity index (χ2v) is 5.10. The fraction of sp³-hybridized carbons (Fsp3) is 0.467. The third-order valence-corrected chi connectivity index (χ3v) is 3.30. The van der Waals surface area contributed by atoms with Gasteiger partial charge in [0.1, 0.15) is 5.69 Å². The van der Waals surface area contributed by atoms with Gasteiger partial charge in [0.05, 0.1) is 17.4 Å². The van der Waals surface area contributed by atoms with Crippen LogP contribution in [0.4, 0.5) is 0 Å². The van der Waals surface area contributed by atoms with Crippen molar-refractivity contribution in [2.45, 2.75) is 40.7 Å². The van der Waals surface area contributed by atoms with Crippen molar-refractivity contribution < 1.29 is 0 Å². The summed E-state index contributed by atoms with van der Waals surface area (Å²) in [5.74, 6) is 0. The van der Waals surface area contributed by atoms with Gasteiger partial charge in [0, 0.05) is 0 Å².